The van der Waals surface area contributed by atoms with Gasteiger partial charge < -0.3 is 9.97 Å². The SMILES string of the molecule is CC(C)Cc1ccnc(-c2[c-]ccc(-c3ccccc3)c2)c1.CC(C)Cc1ccnc(-c2[c-]cccc2)c1.[Ir]. The van der Waals surface area contributed by atoms with Gasteiger partial charge in [-0.05, 0) is 53.8 Å². The van der Waals surface area contributed by atoms with E-state index in [0.29, 0.717) is 11.8 Å². The van der Waals surface area contributed by atoms with E-state index in [1.165, 1.54) is 22.3 Å². The topological polar surface area (TPSA) is 25.8 Å². The van der Waals surface area contributed by atoms with Gasteiger partial charge in [0.25, 0.3) is 0 Å². The first-order valence-corrected chi connectivity index (χ1v) is 13.4. The smallest absolute Gasteiger partial charge is 0.0163 e. The number of rotatable bonds is 7. The van der Waals surface area contributed by atoms with Crippen molar-refractivity contribution in [1.82, 2.24) is 9.97 Å². The molecule has 0 aliphatic rings. The Balaban J connectivity index is 0.000000220. The van der Waals surface area contributed by atoms with Crippen LogP contribution in [0.5, 0.6) is 0 Å². The average molecular weight is 689 g/mol. The van der Waals surface area contributed by atoms with Crippen molar-refractivity contribution in [3.8, 4) is 33.6 Å². The molecule has 0 bridgehead atoms. The van der Waals surface area contributed by atoms with Gasteiger partial charge in [0.15, 0.2) is 0 Å². The van der Waals surface area contributed by atoms with Crippen molar-refractivity contribution in [3.63, 3.8) is 0 Å². The molecule has 0 N–H and O–H groups in total. The molecule has 2 aromatic heterocycles. The first kappa shape index (κ1) is 30.2. The summed E-state index contributed by atoms with van der Waals surface area (Å²) in [7, 11) is 0. The molecule has 5 aromatic rings. The largest absolute Gasteiger partial charge is 0.305 e. The van der Waals surface area contributed by atoms with Gasteiger partial charge in [-0.25, -0.2) is 0 Å². The van der Waals surface area contributed by atoms with Gasteiger partial charge in [0.05, 0.1) is 0 Å². The second-order valence-corrected chi connectivity index (χ2v) is 10.4. The number of hydrogen-bond acceptors (Lipinski definition) is 2. The Hall–Kier alpha value is -3.39. The van der Waals surface area contributed by atoms with Crippen molar-refractivity contribution in [2.75, 3.05) is 0 Å². The minimum absolute atomic E-state index is 0. The van der Waals surface area contributed by atoms with Gasteiger partial charge in [-0.15, -0.1) is 71.3 Å². The number of benzene rings is 3. The van der Waals surface area contributed by atoms with Crippen LogP contribution in [0, 0.1) is 24.0 Å². The Kier molecular flexibility index (Phi) is 11.8. The third kappa shape index (κ3) is 9.39. The minimum atomic E-state index is 0. The van der Waals surface area contributed by atoms with Crippen molar-refractivity contribution in [1.29, 1.82) is 0 Å². The molecule has 3 aromatic carbocycles. The Morgan fingerprint density at radius 1 is 0.564 bits per heavy atom. The molecule has 39 heavy (non-hydrogen) atoms. The average Bonchev–Trinajstić information content (AvgIpc) is 2.94. The zero-order valence-corrected chi connectivity index (χ0v) is 25.6. The molecule has 0 saturated heterocycles. The number of aromatic nitrogens is 2. The molecular formula is C36H36IrN2-2. The van der Waals surface area contributed by atoms with E-state index in [4.69, 9.17) is 0 Å². The van der Waals surface area contributed by atoms with E-state index in [2.05, 4.69) is 110 Å². The van der Waals surface area contributed by atoms with Crippen LogP contribution in [0.3, 0.4) is 0 Å². The fraction of sp³-hybridized carbons (Fsp3) is 0.222. The maximum absolute atomic E-state index is 4.52. The van der Waals surface area contributed by atoms with E-state index in [1.807, 2.05) is 48.8 Å². The molecule has 0 amide bonds. The molecule has 0 saturated carbocycles. The number of nitrogens with zero attached hydrogens (tertiary/aromatic N) is 2. The van der Waals surface area contributed by atoms with E-state index in [0.717, 1.165) is 35.4 Å². The summed E-state index contributed by atoms with van der Waals surface area (Å²) in [5.41, 5.74) is 9.21. The maximum Gasteiger partial charge on any atom is 0.0163 e. The molecule has 0 fully saturated rings. The van der Waals surface area contributed by atoms with Gasteiger partial charge in [0, 0.05) is 32.5 Å². The van der Waals surface area contributed by atoms with Crippen molar-refractivity contribution >= 4 is 0 Å². The van der Waals surface area contributed by atoms with Gasteiger partial charge in [-0.2, -0.15) is 0 Å². The molecule has 0 spiro atoms. The van der Waals surface area contributed by atoms with Crippen LogP contribution in [0.25, 0.3) is 33.6 Å². The van der Waals surface area contributed by atoms with Crippen molar-refractivity contribution in [2.24, 2.45) is 11.8 Å². The van der Waals surface area contributed by atoms with Gasteiger partial charge >= 0.3 is 0 Å². The molecule has 201 valence electrons. The number of pyridine rings is 2. The molecular weight excluding hydrogens is 653 g/mol. The van der Waals surface area contributed by atoms with E-state index < -0.39 is 0 Å². The predicted molar refractivity (Wildman–Crippen MR) is 160 cm³/mol. The summed E-state index contributed by atoms with van der Waals surface area (Å²) in [6, 6.07) is 39.7. The second-order valence-electron chi connectivity index (χ2n) is 10.4. The molecule has 2 heterocycles. The van der Waals surface area contributed by atoms with Crippen LogP contribution in [-0.4, -0.2) is 9.97 Å². The predicted octanol–water partition coefficient (Wildman–Crippen LogP) is 9.16. The fourth-order valence-corrected chi connectivity index (χ4v) is 4.42. The summed E-state index contributed by atoms with van der Waals surface area (Å²) >= 11 is 0. The summed E-state index contributed by atoms with van der Waals surface area (Å²) in [4.78, 5) is 8.91. The van der Waals surface area contributed by atoms with Crippen LogP contribution in [0.15, 0.2) is 109 Å². The minimum Gasteiger partial charge on any atom is -0.305 e. The summed E-state index contributed by atoms with van der Waals surface area (Å²) in [5.74, 6) is 1.32. The van der Waals surface area contributed by atoms with Crippen molar-refractivity contribution < 1.29 is 20.1 Å². The zero-order valence-electron chi connectivity index (χ0n) is 23.2. The van der Waals surface area contributed by atoms with E-state index in [9.17, 15) is 0 Å². The Morgan fingerprint density at radius 3 is 1.69 bits per heavy atom. The third-order valence-electron chi connectivity index (χ3n) is 6.11. The van der Waals surface area contributed by atoms with Crippen LogP contribution in [0.2, 0.25) is 0 Å². The molecule has 0 unspecified atom stereocenters. The van der Waals surface area contributed by atoms with Crippen molar-refractivity contribution in [2.45, 2.75) is 40.5 Å². The van der Waals surface area contributed by atoms with Gasteiger partial charge in [0.2, 0.25) is 0 Å². The first-order valence-electron chi connectivity index (χ1n) is 13.4. The summed E-state index contributed by atoms with van der Waals surface area (Å²) < 4.78 is 0. The second kappa shape index (κ2) is 15.3. The Labute approximate surface area is 248 Å². The van der Waals surface area contributed by atoms with Crippen LogP contribution in [0.4, 0.5) is 0 Å². The molecule has 0 aliphatic heterocycles. The molecule has 0 aliphatic carbocycles. The van der Waals surface area contributed by atoms with Gasteiger partial charge in [-0.3, -0.25) is 0 Å². The van der Waals surface area contributed by atoms with Gasteiger partial charge in [-0.1, -0.05) is 81.3 Å². The van der Waals surface area contributed by atoms with Crippen LogP contribution < -0.4 is 0 Å². The van der Waals surface area contributed by atoms with Crippen LogP contribution in [0.1, 0.15) is 38.8 Å². The Morgan fingerprint density at radius 2 is 1.13 bits per heavy atom. The quantitative estimate of drug-likeness (QED) is 0.160. The monoisotopic (exact) mass is 689 g/mol. The molecule has 0 atom stereocenters. The summed E-state index contributed by atoms with van der Waals surface area (Å²) in [5, 5.41) is 0. The maximum atomic E-state index is 4.52. The van der Waals surface area contributed by atoms with E-state index >= 15 is 0 Å². The summed E-state index contributed by atoms with van der Waals surface area (Å²) in [6.07, 6.45) is 5.96. The number of hydrogen-bond donors (Lipinski definition) is 0. The normalized spacial score (nSPS) is 10.5. The van der Waals surface area contributed by atoms with E-state index in [1.54, 1.807) is 0 Å². The Bertz CT molecular complexity index is 1410. The summed E-state index contributed by atoms with van der Waals surface area (Å²) in [6.45, 7) is 8.94. The zero-order chi connectivity index (χ0) is 26.7. The third-order valence-corrected chi connectivity index (χ3v) is 6.11. The molecule has 5 rings (SSSR count). The molecule has 3 heteroatoms. The van der Waals surface area contributed by atoms with E-state index in [-0.39, 0.29) is 20.1 Å². The van der Waals surface area contributed by atoms with Crippen molar-refractivity contribution in [3.05, 3.63) is 133 Å². The standard InChI is InChI=1S/C21H20N.C15H16N.Ir/c1-16(2)13-17-11-12-22-21(14-17)20-10-6-9-19(15-20)18-7-4-3-5-8-18;1-12(2)10-13-8-9-16-15(11-13)14-6-4-3-5-7-14;/h3-9,11-12,14-16H,13H2,1-2H3;3-6,8-9,11-12H,10H2,1-2H3;/q2*-1;. The molecule has 1 radical (unpaired) electrons. The molecule has 2 nitrogen and oxygen atoms in total. The first-order chi connectivity index (χ1) is 18.5. The van der Waals surface area contributed by atoms with Crippen LogP contribution in [-0.2, 0) is 32.9 Å². The van der Waals surface area contributed by atoms with Crippen LogP contribution >= 0.6 is 0 Å². The fourth-order valence-electron chi connectivity index (χ4n) is 4.42. The van der Waals surface area contributed by atoms with Gasteiger partial charge in [0.1, 0.15) is 0 Å².